The number of rotatable bonds is 9. The fraction of sp³-hybridized carbons (Fsp3) is 0.261. The lowest BCUT2D eigenvalue weighted by molar-refractivity contribution is -0.143. The molecule has 1 heterocycles. The summed E-state index contributed by atoms with van der Waals surface area (Å²) in [6.45, 7) is 3.00. The van der Waals surface area contributed by atoms with Gasteiger partial charge in [-0.05, 0) is 55.3 Å². The molecular formula is C23H24N2O4. The number of amides is 1. The summed E-state index contributed by atoms with van der Waals surface area (Å²) >= 11 is 0. The third-order valence-corrected chi connectivity index (χ3v) is 4.32. The standard InChI is InChI=1S/C23H24N2O4/c1-2-28-22(26)9-5-13-29-20-8-3-6-17(14-20)16-25-23(27)19-10-11-21-18(15-19)7-4-12-24-21/h3-4,6-8,10-12,14-15H,2,5,9,13,16H2,1H3,(H,25,27). The largest absolute Gasteiger partial charge is 0.494 e. The van der Waals surface area contributed by atoms with Crippen LogP contribution in [0, 0.1) is 0 Å². The average Bonchev–Trinajstić information content (AvgIpc) is 2.75. The van der Waals surface area contributed by atoms with Gasteiger partial charge in [0.1, 0.15) is 5.75 Å². The van der Waals surface area contributed by atoms with Crippen LogP contribution in [0.4, 0.5) is 0 Å². The minimum Gasteiger partial charge on any atom is -0.494 e. The molecule has 0 saturated carbocycles. The van der Waals surface area contributed by atoms with Crippen LogP contribution >= 0.6 is 0 Å². The van der Waals surface area contributed by atoms with Gasteiger partial charge in [-0.3, -0.25) is 14.6 Å². The molecule has 150 valence electrons. The predicted molar refractivity (Wildman–Crippen MR) is 111 cm³/mol. The second-order valence-electron chi connectivity index (χ2n) is 6.50. The van der Waals surface area contributed by atoms with Crippen molar-refractivity contribution in [2.45, 2.75) is 26.3 Å². The molecular weight excluding hydrogens is 368 g/mol. The predicted octanol–water partition coefficient (Wildman–Crippen LogP) is 3.89. The fourth-order valence-corrected chi connectivity index (χ4v) is 2.89. The van der Waals surface area contributed by atoms with Gasteiger partial charge in [0.25, 0.3) is 5.91 Å². The number of aromatic nitrogens is 1. The first-order chi connectivity index (χ1) is 14.2. The molecule has 6 heteroatoms. The second-order valence-corrected chi connectivity index (χ2v) is 6.50. The van der Waals surface area contributed by atoms with Crippen molar-refractivity contribution >= 4 is 22.8 Å². The zero-order valence-electron chi connectivity index (χ0n) is 16.4. The molecule has 0 bridgehead atoms. The molecule has 3 aromatic rings. The maximum atomic E-state index is 12.5. The van der Waals surface area contributed by atoms with Crippen molar-refractivity contribution in [3.05, 3.63) is 71.9 Å². The molecule has 0 spiro atoms. The third kappa shape index (κ3) is 6.04. The number of carbonyl (C=O) groups is 2. The molecule has 0 unspecified atom stereocenters. The summed E-state index contributed by atoms with van der Waals surface area (Å²) in [5.74, 6) is 0.353. The Morgan fingerprint density at radius 2 is 1.97 bits per heavy atom. The van der Waals surface area contributed by atoms with E-state index in [4.69, 9.17) is 9.47 Å². The molecule has 0 aliphatic carbocycles. The number of ether oxygens (including phenoxy) is 2. The van der Waals surface area contributed by atoms with Crippen molar-refractivity contribution in [1.29, 1.82) is 0 Å². The van der Waals surface area contributed by atoms with E-state index in [0.717, 1.165) is 16.5 Å². The molecule has 0 radical (unpaired) electrons. The van der Waals surface area contributed by atoms with Crippen LogP contribution in [0.25, 0.3) is 10.9 Å². The zero-order chi connectivity index (χ0) is 20.5. The molecule has 6 nitrogen and oxygen atoms in total. The van der Waals surface area contributed by atoms with Crippen molar-refractivity contribution < 1.29 is 19.1 Å². The summed E-state index contributed by atoms with van der Waals surface area (Å²) in [4.78, 5) is 28.1. The van der Waals surface area contributed by atoms with Crippen molar-refractivity contribution in [2.75, 3.05) is 13.2 Å². The van der Waals surface area contributed by atoms with Crippen LogP contribution in [-0.4, -0.2) is 30.1 Å². The quantitative estimate of drug-likeness (QED) is 0.442. The van der Waals surface area contributed by atoms with Gasteiger partial charge in [-0.2, -0.15) is 0 Å². The van der Waals surface area contributed by atoms with E-state index >= 15 is 0 Å². The SMILES string of the molecule is CCOC(=O)CCCOc1cccc(CNC(=O)c2ccc3ncccc3c2)c1. The van der Waals surface area contributed by atoms with Gasteiger partial charge in [-0.25, -0.2) is 0 Å². The van der Waals surface area contributed by atoms with Crippen LogP contribution < -0.4 is 10.1 Å². The van der Waals surface area contributed by atoms with Crippen molar-refractivity contribution in [1.82, 2.24) is 10.3 Å². The summed E-state index contributed by atoms with van der Waals surface area (Å²) in [5.41, 5.74) is 2.39. The monoisotopic (exact) mass is 392 g/mol. The van der Waals surface area contributed by atoms with Gasteiger partial charge in [0.15, 0.2) is 0 Å². The maximum absolute atomic E-state index is 12.5. The van der Waals surface area contributed by atoms with Crippen molar-refractivity contribution in [3.63, 3.8) is 0 Å². The molecule has 1 N–H and O–H groups in total. The summed E-state index contributed by atoms with van der Waals surface area (Å²) in [6, 6.07) is 16.8. The lowest BCUT2D eigenvalue weighted by Gasteiger charge is -2.09. The third-order valence-electron chi connectivity index (χ3n) is 4.32. The number of esters is 1. The summed E-state index contributed by atoms with van der Waals surface area (Å²) in [5, 5.41) is 3.86. The Morgan fingerprint density at radius 3 is 2.83 bits per heavy atom. The van der Waals surface area contributed by atoms with Crippen molar-refractivity contribution in [3.8, 4) is 5.75 Å². The van der Waals surface area contributed by atoms with Crippen LogP contribution in [0.3, 0.4) is 0 Å². The van der Waals surface area contributed by atoms with Gasteiger partial charge in [-0.15, -0.1) is 0 Å². The molecule has 0 aliphatic rings. The number of hydrogen-bond acceptors (Lipinski definition) is 5. The van der Waals surface area contributed by atoms with Gasteiger partial charge >= 0.3 is 5.97 Å². The lowest BCUT2D eigenvalue weighted by atomic mass is 10.1. The van der Waals surface area contributed by atoms with E-state index in [0.29, 0.717) is 43.9 Å². The number of benzene rings is 2. The van der Waals surface area contributed by atoms with Gasteiger partial charge in [-0.1, -0.05) is 18.2 Å². The summed E-state index contributed by atoms with van der Waals surface area (Å²) < 4.78 is 10.6. The number of carbonyl (C=O) groups excluding carboxylic acids is 2. The van der Waals surface area contributed by atoms with Gasteiger partial charge in [0, 0.05) is 30.1 Å². The Morgan fingerprint density at radius 1 is 1.07 bits per heavy atom. The molecule has 2 aromatic carbocycles. The maximum Gasteiger partial charge on any atom is 0.305 e. The van der Waals surface area contributed by atoms with Gasteiger partial charge in [0.2, 0.25) is 0 Å². The topological polar surface area (TPSA) is 77.5 Å². The van der Waals surface area contributed by atoms with E-state index in [1.54, 1.807) is 19.2 Å². The first-order valence-electron chi connectivity index (χ1n) is 9.66. The van der Waals surface area contributed by atoms with E-state index in [1.165, 1.54) is 0 Å². The van der Waals surface area contributed by atoms with Gasteiger partial charge < -0.3 is 14.8 Å². The van der Waals surface area contributed by atoms with E-state index in [2.05, 4.69) is 10.3 Å². The van der Waals surface area contributed by atoms with Gasteiger partial charge in [0.05, 0.1) is 18.7 Å². The molecule has 1 aromatic heterocycles. The van der Waals surface area contributed by atoms with E-state index in [1.807, 2.05) is 48.5 Å². The van der Waals surface area contributed by atoms with Crippen LogP contribution in [0.2, 0.25) is 0 Å². The number of nitrogens with one attached hydrogen (secondary N) is 1. The first-order valence-corrected chi connectivity index (χ1v) is 9.66. The highest BCUT2D eigenvalue weighted by atomic mass is 16.5. The molecule has 3 rings (SSSR count). The highest BCUT2D eigenvalue weighted by Crippen LogP contribution is 2.15. The number of hydrogen-bond donors (Lipinski definition) is 1. The Kier molecular flexibility index (Phi) is 7.16. The van der Waals surface area contributed by atoms with Crippen LogP contribution in [0.15, 0.2) is 60.8 Å². The molecule has 0 saturated heterocycles. The Bertz CT molecular complexity index is 987. The Balaban J connectivity index is 1.50. The van der Waals surface area contributed by atoms with Crippen LogP contribution in [-0.2, 0) is 16.1 Å². The van der Waals surface area contributed by atoms with Crippen molar-refractivity contribution in [2.24, 2.45) is 0 Å². The number of pyridine rings is 1. The lowest BCUT2D eigenvalue weighted by Crippen LogP contribution is -2.22. The minimum absolute atomic E-state index is 0.142. The number of nitrogens with zero attached hydrogens (tertiary/aromatic N) is 1. The highest BCUT2D eigenvalue weighted by Gasteiger charge is 2.07. The van der Waals surface area contributed by atoms with E-state index in [-0.39, 0.29) is 11.9 Å². The first kappa shape index (κ1) is 20.3. The van der Waals surface area contributed by atoms with Crippen LogP contribution in [0.5, 0.6) is 5.75 Å². The zero-order valence-corrected chi connectivity index (χ0v) is 16.4. The molecule has 29 heavy (non-hydrogen) atoms. The van der Waals surface area contributed by atoms with E-state index < -0.39 is 0 Å². The molecule has 0 fully saturated rings. The Labute approximate surface area is 169 Å². The second kappa shape index (κ2) is 10.2. The molecule has 0 aliphatic heterocycles. The number of fused-ring (bicyclic) bond motifs is 1. The summed E-state index contributed by atoms with van der Waals surface area (Å²) in [7, 11) is 0. The smallest absolute Gasteiger partial charge is 0.305 e. The van der Waals surface area contributed by atoms with E-state index in [9.17, 15) is 9.59 Å². The summed E-state index contributed by atoms with van der Waals surface area (Å²) in [6.07, 6.45) is 2.66. The fourth-order valence-electron chi connectivity index (χ4n) is 2.89. The Hall–Kier alpha value is -3.41. The minimum atomic E-state index is -0.211. The molecule has 1 amide bonds. The highest BCUT2D eigenvalue weighted by molar-refractivity contribution is 5.97. The molecule has 0 atom stereocenters. The normalized spacial score (nSPS) is 10.5. The van der Waals surface area contributed by atoms with Crippen LogP contribution in [0.1, 0.15) is 35.7 Å². The average molecular weight is 392 g/mol.